The minimum atomic E-state index is 0.104. The van der Waals surface area contributed by atoms with Crippen molar-refractivity contribution in [2.75, 3.05) is 6.61 Å². The van der Waals surface area contributed by atoms with Crippen LogP contribution in [0.15, 0.2) is 35.5 Å². The third kappa shape index (κ3) is 3.68. The molecule has 0 aromatic heterocycles. The average Bonchev–Trinajstić information content (AvgIpc) is 2.37. The Labute approximate surface area is 118 Å². The van der Waals surface area contributed by atoms with Gasteiger partial charge in [0.1, 0.15) is 0 Å². The largest absolute Gasteiger partial charge is 0.373 e. The van der Waals surface area contributed by atoms with E-state index in [1.807, 2.05) is 0 Å². The summed E-state index contributed by atoms with van der Waals surface area (Å²) < 4.78 is 6.07. The fraction of sp³-hybridized carbons (Fsp3) is 0.600. The van der Waals surface area contributed by atoms with Gasteiger partial charge in [-0.25, -0.2) is 0 Å². The summed E-state index contributed by atoms with van der Waals surface area (Å²) in [5.74, 6) is 0.715. The molecule has 94 valence electrons. The van der Waals surface area contributed by atoms with Crippen LogP contribution in [0.2, 0.25) is 0 Å². The molecule has 1 fully saturated rings. The second-order valence-corrected chi connectivity index (χ2v) is 7.85. The molecule has 3 unspecified atom stereocenters. The summed E-state index contributed by atoms with van der Waals surface area (Å²) in [7, 11) is 0. The van der Waals surface area contributed by atoms with E-state index in [9.17, 15) is 0 Å². The first-order valence-electron chi connectivity index (χ1n) is 6.37. The molecule has 0 saturated carbocycles. The van der Waals surface area contributed by atoms with E-state index in [1.54, 1.807) is 0 Å². The highest BCUT2D eigenvalue weighted by Gasteiger charge is 2.24. The maximum atomic E-state index is 5.97. The Balaban J connectivity index is 2.16. The maximum Gasteiger partial charge on any atom is 0.0822 e. The molecule has 0 bridgehead atoms. The summed E-state index contributed by atoms with van der Waals surface area (Å²) in [6.07, 6.45) is 11.8. The van der Waals surface area contributed by atoms with Gasteiger partial charge in [0.15, 0.2) is 0 Å². The molecule has 2 heteroatoms. The fourth-order valence-corrected chi connectivity index (χ4v) is 3.33. The van der Waals surface area contributed by atoms with Crippen molar-refractivity contribution < 1.29 is 4.74 Å². The van der Waals surface area contributed by atoms with Gasteiger partial charge in [0.2, 0.25) is 0 Å². The van der Waals surface area contributed by atoms with E-state index in [-0.39, 0.29) is 3.42 Å². The number of hydrogen-bond donors (Lipinski definition) is 0. The third-order valence-electron chi connectivity index (χ3n) is 3.37. The molecule has 1 saturated heterocycles. The number of ether oxygens (including phenoxy) is 1. The Morgan fingerprint density at radius 2 is 2.06 bits per heavy atom. The van der Waals surface area contributed by atoms with Gasteiger partial charge in [0.05, 0.1) is 9.53 Å². The van der Waals surface area contributed by atoms with Gasteiger partial charge in [-0.1, -0.05) is 59.4 Å². The van der Waals surface area contributed by atoms with E-state index in [4.69, 9.17) is 4.74 Å². The molecule has 2 rings (SSSR count). The van der Waals surface area contributed by atoms with Crippen LogP contribution in [0.25, 0.3) is 0 Å². The summed E-state index contributed by atoms with van der Waals surface area (Å²) in [4.78, 5) is 0. The van der Waals surface area contributed by atoms with Crippen LogP contribution in [0, 0.1) is 5.92 Å². The molecule has 0 N–H and O–H groups in total. The number of alkyl halides is 1. The van der Waals surface area contributed by atoms with Gasteiger partial charge in [-0.05, 0) is 38.2 Å². The highest BCUT2D eigenvalue weighted by Crippen LogP contribution is 2.32. The Bertz CT molecular complexity index is 368. The molecular formula is C15H21IO. The third-order valence-corrected chi connectivity index (χ3v) is 4.00. The van der Waals surface area contributed by atoms with E-state index >= 15 is 0 Å². The van der Waals surface area contributed by atoms with Crippen molar-refractivity contribution in [3.05, 3.63) is 35.5 Å². The minimum absolute atomic E-state index is 0.104. The summed E-state index contributed by atoms with van der Waals surface area (Å²) in [6.45, 7) is 7.57. The molecule has 0 radical (unpaired) electrons. The van der Waals surface area contributed by atoms with E-state index < -0.39 is 0 Å². The standard InChI is InChI=1S/C15H21IO/c1-11-4-6-13(9-15(3,16)8-11)14-7-5-12(2)10-17-14/h4,6,8-9,12,14H,5,7,10H2,1-3H3. The lowest BCUT2D eigenvalue weighted by molar-refractivity contribution is 0.0118. The van der Waals surface area contributed by atoms with Crippen LogP contribution >= 0.6 is 22.6 Å². The van der Waals surface area contributed by atoms with Crippen molar-refractivity contribution in [2.24, 2.45) is 5.92 Å². The number of halogens is 1. The zero-order valence-corrected chi connectivity index (χ0v) is 13.0. The molecular weight excluding hydrogens is 323 g/mol. The second-order valence-electron chi connectivity index (χ2n) is 5.52. The van der Waals surface area contributed by atoms with Crippen molar-refractivity contribution in [2.45, 2.75) is 43.1 Å². The number of hydrogen-bond acceptors (Lipinski definition) is 1. The summed E-state index contributed by atoms with van der Waals surface area (Å²) in [5.41, 5.74) is 2.68. The highest BCUT2D eigenvalue weighted by molar-refractivity contribution is 14.1. The monoisotopic (exact) mass is 344 g/mol. The molecule has 1 aliphatic carbocycles. The molecule has 0 aromatic carbocycles. The Kier molecular flexibility index (Phi) is 4.14. The van der Waals surface area contributed by atoms with Gasteiger partial charge < -0.3 is 4.74 Å². The summed E-state index contributed by atoms with van der Waals surface area (Å²) in [6, 6.07) is 0. The lowest BCUT2D eigenvalue weighted by Crippen LogP contribution is -2.26. The van der Waals surface area contributed by atoms with Crippen LogP contribution < -0.4 is 0 Å². The quantitative estimate of drug-likeness (QED) is 0.505. The lowest BCUT2D eigenvalue weighted by atomic mass is 9.94. The van der Waals surface area contributed by atoms with Gasteiger partial charge >= 0.3 is 0 Å². The van der Waals surface area contributed by atoms with Crippen molar-refractivity contribution in [1.29, 1.82) is 0 Å². The summed E-state index contributed by atoms with van der Waals surface area (Å²) in [5, 5.41) is 0. The topological polar surface area (TPSA) is 9.23 Å². The molecule has 17 heavy (non-hydrogen) atoms. The first-order valence-corrected chi connectivity index (χ1v) is 7.45. The smallest absolute Gasteiger partial charge is 0.0822 e. The van der Waals surface area contributed by atoms with Gasteiger partial charge in [-0.2, -0.15) is 0 Å². The van der Waals surface area contributed by atoms with Crippen molar-refractivity contribution in [3.8, 4) is 0 Å². The van der Waals surface area contributed by atoms with E-state index in [0.29, 0.717) is 12.0 Å². The van der Waals surface area contributed by atoms with Crippen molar-refractivity contribution >= 4 is 22.6 Å². The zero-order valence-electron chi connectivity index (χ0n) is 10.9. The Morgan fingerprint density at radius 3 is 2.71 bits per heavy atom. The Hall–Kier alpha value is -0.0900. The van der Waals surface area contributed by atoms with Gasteiger partial charge in [-0.15, -0.1) is 0 Å². The molecule has 2 aliphatic rings. The van der Waals surface area contributed by atoms with Crippen molar-refractivity contribution in [3.63, 3.8) is 0 Å². The van der Waals surface area contributed by atoms with Crippen LogP contribution in [-0.2, 0) is 4.74 Å². The second kappa shape index (κ2) is 5.27. The van der Waals surface area contributed by atoms with Crippen LogP contribution in [0.4, 0.5) is 0 Å². The molecule has 0 amide bonds. The zero-order chi connectivity index (χ0) is 12.5. The molecule has 0 aromatic rings. The average molecular weight is 344 g/mol. The number of rotatable bonds is 1. The highest BCUT2D eigenvalue weighted by atomic mass is 127. The predicted octanol–water partition coefficient (Wildman–Crippen LogP) is 4.44. The van der Waals surface area contributed by atoms with Crippen LogP contribution in [0.5, 0.6) is 0 Å². The lowest BCUT2D eigenvalue weighted by Gasteiger charge is -2.28. The van der Waals surface area contributed by atoms with Crippen LogP contribution in [0.1, 0.15) is 33.6 Å². The van der Waals surface area contributed by atoms with Crippen LogP contribution in [0.3, 0.4) is 0 Å². The van der Waals surface area contributed by atoms with Gasteiger partial charge in [-0.3, -0.25) is 0 Å². The summed E-state index contributed by atoms with van der Waals surface area (Å²) >= 11 is 2.50. The predicted molar refractivity (Wildman–Crippen MR) is 81.5 cm³/mol. The number of allylic oxidation sites excluding steroid dienone is 4. The first-order chi connectivity index (χ1) is 7.96. The molecule has 0 spiro atoms. The molecule has 1 nitrogen and oxygen atoms in total. The van der Waals surface area contributed by atoms with E-state index in [1.165, 1.54) is 17.6 Å². The first kappa shape index (κ1) is 13.3. The normalized spacial score (nSPS) is 38.4. The molecule has 1 aliphatic heterocycles. The minimum Gasteiger partial charge on any atom is -0.373 e. The van der Waals surface area contributed by atoms with E-state index in [0.717, 1.165) is 13.0 Å². The van der Waals surface area contributed by atoms with Crippen molar-refractivity contribution in [1.82, 2.24) is 0 Å². The van der Waals surface area contributed by atoms with E-state index in [2.05, 4.69) is 67.7 Å². The van der Waals surface area contributed by atoms with Gasteiger partial charge in [0.25, 0.3) is 0 Å². The fourth-order valence-electron chi connectivity index (χ4n) is 2.48. The van der Waals surface area contributed by atoms with Gasteiger partial charge in [0, 0.05) is 6.61 Å². The maximum absolute atomic E-state index is 5.97. The van der Waals surface area contributed by atoms with Crippen LogP contribution in [-0.4, -0.2) is 16.1 Å². The molecule has 3 atom stereocenters. The Morgan fingerprint density at radius 1 is 1.29 bits per heavy atom. The SMILES string of the molecule is CC1=CC(C)(I)C=C(C2CCC(C)CO2)C=C1. The molecule has 1 heterocycles.